The van der Waals surface area contributed by atoms with Crippen molar-refractivity contribution >= 4 is 5.69 Å². The number of aliphatic hydroxyl groups excluding tert-OH is 1. The zero-order valence-corrected chi connectivity index (χ0v) is 13.1. The van der Waals surface area contributed by atoms with Gasteiger partial charge in [-0.05, 0) is 29.8 Å². The largest absolute Gasteiger partial charge is 0.387 e. The fourth-order valence-electron chi connectivity index (χ4n) is 2.95. The average Bonchev–Trinajstić information content (AvgIpc) is 2.58. The maximum absolute atomic E-state index is 13.8. The predicted octanol–water partition coefficient (Wildman–Crippen LogP) is 2.96. The molecule has 1 aliphatic rings. The summed E-state index contributed by atoms with van der Waals surface area (Å²) in [5, 5.41) is 10.2. The van der Waals surface area contributed by atoms with Crippen molar-refractivity contribution < 1.29 is 18.3 Å². The molecule has 1 N–H and O–H groups in total. The van der Waals surface area contributed by atoms with Crippen molar-refractivity contribution in [3.05, 3.63) is 65.5 Å². The number of para-hydroxylation sites is 1. The molecule has 24 heavy (non-hydrogen) atoms. The lowest BCUT2D eigenvalue weighted by molar-refractivity contribution is 0.109. The molecule has 0 spiro atoms. The van der Waals surface area contributed by atoms with E-state index < -0.39 is 17.7 Å². The maximum atomic E-state index is 13.8. The van der Waals surface area contributed by atoms with Gasteiger partial charge in [0.1, 0.15) is 5.82 Å². The van der Waals surface area contributed by atoms with E-state index in [0.717, 1.165) is 12.1 Å². The first-order chi connectivity index (χ1) is 11.5. The van der Waals surface area contributed by atoms with Crippen LogP contribution >= 0.6 is 0 Å². The Bertz CT molecular complexity index is 702. The summed E-state index contributed by atoms with van der Waals surface area (Å²) >= 11 is 0. The highest BCUT2D eigenvalue weighted by Gasteiger charge is 2.22. The van der Waals surface area contributed by atoms with Crippen molar-refractivity contribution in [3.8, 4) is 0 Å². The van der Waals surface area contributed by atoms with Gasteiger partial charge in [0.05, 0.1) is 11.8 Å². The van der Waals surface area contributed by atoms with E-state index in [1.54, 1.807) is 18.2 Å². The van der Waals surface area contributed by atoms with Crippen LogP contribution in [0.1, 0.15) is 11.7 Å². The molecule has 0 aromatic heterocycles. The van der Waals surface area contributed by atoms with E-state index in [1.165, 1.54) is 12.1 Å². The Balaban J connectivity index is 1.57. The van der Waals surface area contributed by atoms with Crippen LogP contribution in [0.2, 0.25) is 0 Å². The Morgan fingerprint density at radius 1 is 0.875 bits per heavy atom. The van der Waals surface area contributed by atoms with Gasteiger partial charge in [0.15, 0.2) is 11.6 Å². The summed E-state index contributed by atoms with van der Waals surface area (Å²) in [6, 6.07) is 10.1. The number of halogens is 3. The van der Waals surface area contributed by atoms with Crippen molar-refractivity contribution in [2.24, 2.45) is 0 Å². The molecule has 0 bridgehead atoms. The van der Waals surface area contributed by atoms with Crippen LogP contribution in [-0.4, -0.2) is 42.7 Å². The standard InChI is InChI=1S/C18H19F3N2O/c19-14-6-5-13(11-16(14)21)18(24)12-22-7-9-23(10-8-22)17-4-2-1-3-15(17)20/h1-6,11,18,24H,7-10,12H2. The van der Waals surface area contributed by atoms with Crippen molar-refractivity contribution in [1.82, 2.24) is 4.90 Å². The highest BCUT2D eigenvalue weighted by atomic mass is 19.2. The molecule has 1 saturated heterocycles. The number of benzene rings is 2. The van der Waals surface area contributed by atoms with Gasteiger partial charge in [0.2, 0.25) is 0 Å². The second-order valence-electron chi connectivity index (χ2n) is 5.93. The first-order valence-electron chi connectivity index (χ1n) is 7.89. The van der Waals surface area contributed by atoms with Crippen LogP contribution in [-0.2, 0) is 0 Å². The van der Waals surface area contributed by atoms with Crippen molar-refractivity contribution in [2.75, 3.05) is 37.6 Å². The first-order valence-corrected chi connectivity index (χ1v) is 7.89. The van der Waals surface area contributed by atoms with Gasteiger partial charge in [-0.3, -0.25) is 4.90 Å². The Hall–Kier alpha value is -2.05. The number of piperazine rings is 1. The summed E-state index contributed by atoms with van der Waals surface area (Å²) < 4.78 is 40.0. The third-order valence-corrected chi connectivity index (χ3v) is 4.32. The Morgan fingerprint density at radius 3 is 2.25 bits per heavy atom. The van der Waals surface area contributed by atoms with Gasteiger partial charge in [0.25, 0.3) is 0 Å². The van der Waals surface area contributed by atoms with E-state index in [0.29, 0.717) is 44.0 Å². The molecule has 0 aliphatic carbocycles. The van der Waals surface area contributed by atoms with E-state index >= 15 is 0 Å². The summed E-state index contributed by atoms with van der Waals surface area (Å²) in [4.78, 5) is 4.00. The van der Waals surface area contributed by atoms with E-state index in [-0.39, 0.29) is 5.82 Å². The van der Waals surface area contributed by atoms with Crippen molar-refractivity contribution in [1.29, 1.82) is 0 Å². The molecule has 1 atom stereocenters. The lowest BCUT2D eigenvalue weighted by Gasteiger charge is -2.37. The topological polar surface area (TPSA) is 26.7 Å². The molecule has 3 rings (SSSR count). The molecule has 0 saturated carbocycles. The molecule has 0 radical (unpaired) electrons. The molecule has 2 aromatic rings. The minimum atomic E-state index is -0.962. The quantitative estimate of drug-likeness (QED) is 0.930. The second-order valence-corrected chi connectivity index (χ2v) is 5.93. The van der Waals surface area contributed by atoms with Crippen LogP contribution in [0.15, 0.2) is 42.5 Å². The van der Waals surface area contributed by atoms with Crippen LogP contribution in [0.4, 0.5) is 18.9 Å². The lowest BCUT2D eigenvalue weighted by Crippen LogP contribution is -2.47. The Labute approximate surface area is 138 Å². The highest BCUT2D eigenvalue weighted by Crippen LogP contribution is 2.22. The summed E-state index contributed by atoms with van der Waals surface area (Å²) in [5.74, 6) is -2.13. The number of hydrogen-bond acceptors (Lipinski definition) is 3. The number of nitrogens with zero attached hydrogens (tertiary/aromatic N) is 2. The van der Waals surface area contributed by atoms with Crippen LogP contribution in [0.5, 0.6) is 0 Å². The molecule has 128 valence electrons. The van der Waals surface area contributed by atoms with E-state index in [9.17, 15) is 18.3 Å². The smallest absolute Gasteiger partial charge is 0.159 e. The lowest BCUT2D eigenvalue weighted by atomic mass is 10.1. The van der Waals surface area contributed by atoms with Gasteiger partial charge < -0.3 is 10.0 Å². The Kier molecular flexibility index (Phi) is 5.06. The zero-order valence-electron chi connectivity index (χ0n) is 13.1. The third kappa shape index (κ3) is 3.71. The van der Waals surface area contributed by atoms with Crippen LogP contribution in [0.25, 0.3) is 0 Å². The molecule has 3 nitrogen and oxygen atoms in total. The van der Waals surface area contributed by atoms with Gasteiger partial charge in [-0.15, -0.1) is 0 Å². The monoisotopic (exact) mass is 336 g/mol. The molecule has 2 aromatic carbocycles. The molecule has 1 aliphatic heterocycles. The summed E-state index contributed by atoms with van der Waals surface area (Å²) in [7, 11) is 0. The van der Waals surface area contributed by atoms with Crippen LogP contribution < -0.4 is 4.90 Å². The van der Waals surface area contributed by atoms with Crippen LogP contribution in [0.3, 0.4) is 0 Å². The molecule has 1 unspecified atom stereocenters. The van der Waals surface area contributed by atoms with Gasteiger partial charge in [-0.25, -0.2) is 13.2 Å². The minimum Gasteiger partial charge on any atom is -0.387 e. The van der Waals surface area contributed by atoms with Gasteiger partial charge >= 0.3 is 0 Å². The Morgan fingerprint density at radius 2 is 1.58 bits per heavy atom. The van der Waals surface area contributed by atoms with Gasteiger partial charge in [0, 0.05) is 32.7 Å². The van der Waals surface area contributed by atoms with Gasteiger partial charge in [-0.2, -0.15) is 0 Å². The number of anilines is 1. The van der Waals surface area contributed by atoms with E-state index in [2.05, 4.69) is 0 Å². The first kappa shape index (κ1) is 16.8. The SMILES string of the molecule is OC(CN1CCN(c2ccccc2F)CC1)c1ccc(F)c(F)c1. The maximum Gasteiger partial charge on any atom is 0.159 e. The second kappa shape index (κ2) is 7.23. The number of aliphatic hydroxyl groups is 1. The van der Waals surface area contributed by atoms with Crippen molar-refractivity contribution in [2.45, 2.75) is 6.10 Å². The van der Waals surface area contributed by atoms with E-state index in [1.807, 2.05) is 9.80 Å². The molecule has 1 fully saturated rings. The molecule has 1 heterocycles. The fraction of sp³-hybridized carbons (Fsp3) is 0.333. The zero-order chi connectivity index (χ0) is 17.1. The van der Waals surface area contributed by atoms with E-state index in [4.69, 9.17) is 0 Å². The highest BCUT2D eigenvalue weighted by molar-refractivity contribution is 5.48. The average molecular weight is 336 g/mol. The molecular formula is C18H19F3N2O. The third-order valence-electron chi connectivity index (χ3n) is 4.32. The van der Waals surface area contributed by atoms with Gasteiger partial charge in [-0.1, -0.05) is 18.2 Å². The number of β-amino-alcohol motifs (C(OH)–C–C–N with tert-alkyl or cyclic N) is 1. The minimum absolute atomic E-state index is 0.243. The summed E-state index contributed by atoms with van der Waals surface area (Å²) in [5.41, 5.74) is 0.934. The fourth-order valence-corrected chi connectivity index (χ4v) is 2.95. The normalized spacial score (nSPS) is 17.1. The van der Waals surface area contributed by atoms with Crippen molar-refractivity contribution in [3.63, 3.8) is 0 Å². The number of hydrogen-bond donors (Lipinski definition) is 1. The molecule has 6 heteroatoms. The van der Waals surface area contributed by atoms with Crippen LogP contribution in [0, 0.1) is 17.5 Å². The summed E-state index contributed by atoms with van der Waals surface area (Å²) in [6.45, 7) is 2.94. The predicted molar refractivity (Wildman–Crippen MR) is 86.4 cm³/mol. The number of rotatable bonds is 4. The molecule has 0 amide bonds. The summed E-state index contributed by atoms with van der Waals surface area (Å²) in [6.07, 6.45) is -0.889. The molecular weight excluding hydrogens is 317 g/mol.